The number of halogens is 1. The molecule has 1 aromatic heterocycles. The minimum Gasteiger partial charge on any atom is -0.350 e. The molecule has 4 rings (SSSR count). The van der Waals surface area contributed by atoms with Crippen molar-refractivity contribution >= 4 is 51.7 Å². The summed E-state index contributed by atoms with van der Waals surface area (Å²) in [4.78, 5) is 28.6. The van der Waals surface area contributed by atoms with Crippen LogP contribution in [0.3, 0.4) is 0 Å². The zero-order valence-electron chi connectivity index (χ0n) is 15.3. The molecule has 2 amide bonds. The van der Waals surface area contributed by atoms with Gasteiger partial charge < -0.3 is 5.32 Å². The van der Waals surface area contributed by atoms with E-state index < -0.39 is 0 Å². The quantitative estimate of drug-likeness (QED) is 0.587. The molecule has 1 N–H and O–H groups in total. The van der Waals surface area contributed by atoms with Crippen LogP contribution in [0.1, 0.15) is 16.0 Å². The molecule has 0 radical (unpaired) electrons. The second kappa shape index (κ2) is 7.26. The zero-order chi connectivity index (χ0) is 19.8. The van der Waals surface area contributed by atoms with E-state index in [-0.39, 0.29) is 17.5 Å². The molecule has 0 bridgehead atoms. The largest absolute Gasteiger partial charge is 0.350 e. The van der Waals surface area contributed by atoms with Gasteiger partial charge in [-0.2, -0.15) is 0 Å². The third-order valence-electron chi connectivity index (χ3n) is 4.67. The number of thiophene rings is 1. The molecular weight excluding hydrogens is 392 g/mol. The maximum atomic E-state index is 13.3. The highest BCUT2D eigenvalue weighted by Gasteiger charge is 2.41. The Hall–Kier alpha value is -2.89. The van der Waals surface area contributed by atoms with Gasteiger partial charge in [0.25, 0.3) is 11.8 Å². The van der Waals surface area contributed by atoms with Gasteiger partial charge in [-0.3, -0.25) is 9.59 Å². The Morgan fingerprint density at radius 2 is 1.71 bits per heavy atom. The minimum atomic E-state index is -0.373. The van der Waals surface area contributed by atoms with E-state index in [0.29, 0.717) is 22.0 Å². The first-order valence-electron chi connectivity index (χ1n) is 8.73. The molecule has 0 atom stereocenters. The highest BCUT2D eigenvalue weighted by molar-refractivity contribution is 7.11. The summed E-state index contributed by atoms with van der Waals surface area (Å²) in [5.74, 6) is -0.703. The predicted molar refractivity (Wildman–Crippen MR) is 115 cm³/mol. The SMILES string of the molecule is Cc1ccc(Cl)cc1NC1=C(c2cccs2)C(=O)N(c2ccccc2C)C1=O. The van der Waals surface area contributed by atoms with Gasteiger partial charge in [0.1, 0.15) is 5.70 Å². The summed E-state index contributed by atoms with van der Waals surface area (Å²) in [5.41, 5.74) is 3.71. The molecule has 1 aliphatic heterocycles. The Morgan fingerprint density at radius 1 is 0.929 bits per heavy atom. The second-order valence-corrected chi connectivity index (χ2v) is 7.93. The first-order chi connectivity index (χ1) is 13.5. The van der Waals surface area contributed by atoms with Crippen molar-refractivity contribution < 1.29 is 9.59 Å². The van der Waals surface area contributed by atoms with Crippen molar-refractivity contribution in [1.29, 1.82) is 0 Å². The Bertz CT molecular complexity index is 1120. The van der Waals surface area contributed by atoms with E-state index in [1.54, 1.807) is 18.2 Å². The second-order valence-electron chi connectivity index (χ2n) is 6.54. The molecule has 6 heteroatoms. The number of rotatable bonds is 4. The van der Waals surface area contributed by atoms with Crippen LogP contribution in [0.15, 0.2) is 65.7 Å². The van der Waals surface area contributed by atoms with E-state index in [2.05, 4.69) is 5.32 Å². The maximum absolute atomic E-state index is 13.3. The van der Waals surface area contributed by atoms with E-state index >= 15 is 0 Å². The average Bonchev–Trinajstić information content (AvgIpc) is 3.27. The molecule has 28 heavy (non-hydrogen) atoms. The number of amides is 2. The van der Waals surface area contributed by atoms with Crippen molar-refractivity contribution in [3.8, 4) is 0 Å². The van der Waals surface area contributed by atoms with Crippen LogP contribution >= 0.6 is 22.9 Å². The van der Waals surface area contributed by atoms with Crippen molar-refractivity contribution in [2.75, 3.05) is 10.2 Å². The van der Waals surface area contributed by atoms with E-state index in [1.165, 1.54) is 16.2 Å². The van der Waals surface area contributed by atoms with Crippen LogP contribution in [0, 0.1) is 13.8 Å². The number of hydrogen-bond donors (Lipinski definition) is 1. The summed E-state index contributed by atoms with van der Waals surface area (Å²) >= 11 is 7.56. The van der Waals surface area contributed by atoms with Crippen LogP contribution in [0.4, 0.5) is 11.4 Å². The Kier molecular flexibility index (Phi) is 4.79. The minimum absolute atomic E-state index is 0.265. The highest BCUT2D eigenvalue weighted by atomic mass is 35.5. The lowest BCUT2D eigenvalue weighted by Gasteiger charge is -2.17. The summed E-state index contributed by atoms with van der Waals surface area (Å²) in [7, 11) is 0. The van der Waals surface area contributed by atoms with Gasteiger partial charge in [0.15, 0.2) is 0 Å². The molecule has 0 aliphatic carbocycles. The van der Waals surface area contributed by atoms with Gasteiger partial charge in [0.2, 0.25) is 0 Å². The van der Waals surface area contributed by atoms with Crippen LogP contribution in [0.25, 0.3) is 5.57 Å². The van der Waals surface area contributed by atoms with Gasteiger partial charge in [-0.05, 0) is 54.6 Å². The van der Waals surface area contributed by atoms with Gasteiger partial charge in [-0.1, -0.05) is 41.9 Å². The van der Waals surface area contributed by atoms with Gasteiger partial charge in [-0.25, -0.2) is 4.90 Å². The van der Waals surface area contributed by atoms with Crippen molar-refractivity contribution in [3.63, 3.8) is 0 Å². The Balaban J connectivity index is 1.84. The highest BCUT2D eigenvalue weighted by Crippen LogP contribution is 2.37. The summed E-state index contributed by atoms with van der Waals surface area (Å²) in [6, 6.07) is 16.5. The van der Waals surface area contributed by atoms with Gasteiger partial charge in [0, 0.05) is 15.6 Å². The van der Waals surface area contributed by atoms with Gasteiger partial charge >= 0.3 is 0 Å². The third-order valence-corrected chi connectivity index (χ3v) is 5.79. The van der Waals surface area contributed by atoms with E-state index in [4.69, 9.17) is 11.6 Å². The summed E-state index contributed by atoms with van der Waals surface area (Å²) in [6.07, 6.45) is 0. The van der Waals surface area contributed by atoms with Crippen LogP contribution < -0.4 is 10.2 Å². The molecule has 0 unspecified atom stereocenters. The molecule has 2 aromatic carbocycles. The number of carbonyl (C=O) groups is 2. The molecule has 4 nitrogen and oxygen atoms in total. The van der Waals surface area contributed by atoms with Crippen LogP contribution in [-0.2, 0) is 9.59 Å². The maximum Gasteiger partial charge on any atom is 0.282 e. The number of anilines is 2. The van der Waals surface area contributed by atoms with Crippen LogP contribution in [0.5, 0.6) is 0 Å². The van der Waals surface area contributed by atoms with Crippen molar-refractivity contribution in [3.05, 3.63) is 86.7 Å². The number of nitrogens with zero attached hydrogens (tertiary/aromatic N) is 1. The van der Waals surface area contributed by atoms with E-state index in [1.807, 2.05) is 55.6 Å². The van der Waals surface area contributed by atoms with Gasteiger partial charge in [0.05, 0.1) is 11.3 Å². The van der Waals surface area contributed by atoms with Crippen molar-refractivity contribution in [2.45, 2.75) is 13.8 Å². The summed E-state index contributed by atoms with van der Waals surface area (Å²) in [6.45, 7) is 3.80. The molecule has 0 saturated carbocycles. The molecular formula is C22H17ClN2O2S. The monoisotopic (exact) mass is 408 g/mol. The lowest BCUT2D eigenvalue weighted by Crippen LogP contribution is -2.33. The number of aryl methyl sites for hydroxylation is 2. The zero-order valence-corrected chi connectivity index (χ0v) is 16.9. The fraction of sp³-hybridized carbons (Fsp3) is 0.0909. The van der Waals surface area contributed by atoms with E-state index in [9.17, 15) is 9.59 Å². The molecule has 3 aromatic rings. The number of carbonyl (C=O) groups excluding carboxylic acids is 2. The molecule has 0 saturated heterocycles. The molecule has 2 heterocycles. The van der Waals surface area contributed by atoms with Crippen molar-refractivity contribution in [1.82, 2.24) is 0 Å². The van der Waals surface area contributed by atoms with Crippen molar-refractivity contribution in [2.24, 2.45) is 0 Å². The first kappa shape index (κ1) is 18.5. The number of benzene rings is 2. The Labute approximate surface area is 172 Å². The number of imide groups is 1. The molecule has 0 fully saturated rings. The number of nitrogens with one attached hydrogen (secondary N) is 1. The number of para-hydroxylation sites is 1. The first-order valence-corrected chi connectivity index (χ1v) is 9.99. The fourth-order valence-electron chi connectivity index (χ4n) is 3.19. The van der Waals surface area contributed by atoms with Crippen LogP contribution in [0.2, 0.25) is 5.02 Å². The third kappa shape index (κ3) is 3.13. The lowest BCUT2D eigenvalue weighted by molar-refractivity contribution is -0.120. The standard InChI is InChI=1S/C22H17ClN2O2S/c1-13-9-10-15(23)12-16(13)24-20-19(18-8-5-11-28-18)21(26)25(22(20)27)17-7-4-3-6-14(17)2/h3-12,24H,1-2H3. The number of hydrogen-bond acceptors (Lipinski definition) is 4. The van der Waals surface area contributed by atoms with E-state index in [0.717, 1.165) is 16.0 Å². The molecule has 0 spiro atoms. The molecule has 1 aliphatic rings. The fourth-order valence-corrected chi connectivity index (χ4v) is 4.13. The Morgan fingerprint density at radius 3 is 2.43 bits per heavy atom. The average molecular weight is 409 g/mol. The summed E-state index contributed by atoms with van der Waals surface area (Å²) < 4.78 is 0. The summed E-state index contributed by atoms with van der Waals surface area (Å²) in [5, 5.41) is 5.62. The topological polar surface area (TPSA) is 49.4 Å². The van der Waals surface area contributed by atoms with Gasteiger partial charge in [-0.15, -0.1) is 11.3 Å². The smallest absolute Gasteiger partial charge is 0.282 e. The molecule has 140 valence electrons. The predicted octanol–water partition coefficient (Wildman–Crippen LogP) is 5.41. The normalized spacial score (nSPS) is 14.2. The van der Waals surface area contributed by atoms with Crippen LogP contribution in [-0.4, -0.2) is 11.8 Å². The lowest BCUT2D eigenvalue weighted by atomic mass is 10.1.